The van der Waals surface area contributed by atoms with Gasteiger partial charge in [0.1, 0.15) is 18.2 Å². The molecular weight excluding hydrogens is 343 g/mol. The maximum atomic E-state index is 12.9. The van der Waals surface area contributed by atoms with E-state index in [1.165, 1.54) is 35.6 Å². The first-order valence-corrected chi connectivity index (χ1v) is 8.30. The van der Waals surface area contributed by atoms with Crippen LogP contribution in [0.5, 0.6) is 5.75 Å². The van der Waals surface area contributed by atoms with E-state index >= 15 is 0 Å². The fourth-order valence-corrected chi connectivity index (χ4v) is 2.75. The third-order valence-corrected chi connectivity index (χ3v) is 4.13. The summed E-state index contributed by atoms with van der Waals surface area (Å²) in [7, 11) is 1.61. The predicted molar refractivity (Wildman–Crippen MR) is 93.9 cm³/mol. The van der Waals surface area contributed by atoms with E-state index in [0.717, 1.165) is 11.4 Å². The molecule has 1 N–H and O–H groups in total. The number of hydrogen-bond acceptors (Lipinski definition) is 6. The van der Waals surface area contributed by atoms with Gasteiger partial charge in [-0.25, -0.2) is 14.2 Å². The van der Waals surface area contributed by atoms with Crippen LogP contribution in [0.15, 0.2) is 53.9 Å². The van der Waals surface area contributed by atoms with Crippen LogP contribution in [0.1, 0.15) is 16.1 Å². The van der Waals surface area contributed by atoms with Gasteiger partial charge in [-0.05, 0) is 48.5 Å². The Bertz CT molecular complexity index is 848. The molecule has 1 aromatic heterocycles. The van der Waals surface area contributed by atoms with Crippen molar-refractivity contribution in [2.24, 2.45) is 0 Å². The van der Waals surface area contributed by atoms with Crippen LogP contribution in [0.3, 0.4) is 0 Å². The van der Waals surface area contributed by atoms with Gasteiger partial charge in [0.05, 0.1) is 18.4 Å². The number of thiazole rings is 1. The van der Waals surface area contributed by atoms with E-state index in [9.17, 15) is 9.18 Å². The number of methoxy groups -OCH3 is 1. The van der Waals surface area contributed by atoms with Crippen molar-refractivity contribution in [1.82, 2.24) is 4.98 Å². The van der Waals surface area contributed by atoms with E-state index in [1.807, 2.05) is 29.6 Å². The van der Waals surface area contributed by atoms with Gasteiger partial charge in [-0.3, -0.25) is 0 Å². The second kappa shape index (κ2) is 7.76. The molecule has 0 amide bonds. The van der Waals surface area contributed by atoms with Crippen molar-refractivity contribution in [2.45, 2.75) is 6.61 Å². The molecule has 0 aliphatic heterocycles. The molecule has 0 fully saturated rings. The molecule has 7 heteroatoms. The maximum Gasteiger partial charge on any atom is 0.338 e. The zero-order valence-electron chi connectivity index (χ0n) is 13.4. The molecule has 1 heterocycles. The third kappa shape index (κ3) is 4.54. The van der Waals surface area contributed by atoms with Crippen molar-refractivity contribution in [1.29, 1.82) is 0 Å². The summed E-state index contributed by atoms with van der Waals surface area (Å²) in [5.74, 6) is -0.138. The number of nitrogens with zero attached hydrogens (tertiary/aromatic N) is 1. The van der Waals surface area contributed by atoms with Crippen LogP contribution in [0, 0.1) is 5.82 Å². The number of benzene rings is 2. The Balaban J connectivity index is 1.56. The summed E-state index contributed by atoms with van der Waals surface area (Å²) in [5.41, 5.74) is 1.81. The van der Waals surface area contributed by atoms with Gasteiger partial charge in [0, 0.05) is 11.1 Å². The van der Waals surface area contributed by atoms with Crippen LogP contribution >= 0.6 is 11.3 Å². The Morgan fingerprint density at radius 1 is 1.16 bits per heavy atom. The highest BCUT2D eigenvalue weighted by Crippen LogP contribution is 2.23. The molecule has 0 saturated carbocycles. The number of anilines is 2. The molecule has 0 unspecified atom stereocenters. The lowest BCUT2D eigenvalue weighted by molar-refractivity contribution is 0.0468. The summed E-state index contributed by atoms with van der Waals surface area (Å²) < 4.78 is 23.1. The Morgan fingerprint density at radius 2 is 1.88 bits per heavy atom. The summed E-state index contributed by atoms with van der Waals surface area (Å²) in [4.78, 5) is 16.3. The molecule has 0 bridgehead atoms. The number of rotatable bonds is 6. The van der Waals surface area contributed by atoms with Crippen LogP contribution in [0.25, 0.3) is 0 Å². The summed E-state index contributed by atoms with van der Waals surface area (Å²) in [6, 6.07) is 12.7. The molecule has 0 atom stereocenters. The second-order valence-electron chi connectivity index (χ2n) is 5.08. The standard InChI is InChI=1S/C18H15FN2O3S/c1-23-16-8-6-14(7-9-16)20-18-21-15(11-25-18)10-24-17(22)12-2-4-13(19)5-3-12/h2-9,11H,10H2,1H3,(H,20,21). The predicted octanol–water partition coefficient (Wildman–Crippen LogP) is 4.39. The topological polar surface area (TPSA) is 60.4 Å². The number of ether oxygens (including phenoxy) is 2. The third-order valence-electron chi connectivity index (χ3n) is 3.32. The normalized spacial score (nSPS) is 10.3. The largest absolute Gasteiger partial charge is 0.497 e. The molecule has 3 aromatic rings. The second-order valence-corrected chi connectivity index (χ2v) is 5.94. The fourth-order valence-electron chi connectivity index (χ4n) is 2.04. The van der Waals surface area contributed by atoms with Gasteiger partial charge in [0.15, 0.2) is 5.13 Å². The quantitative estimate of drug-likeness (QED) is 0.662. The summed E-state index contributed by atoms with van der Waals surface area (Å²) in [6.45, 7) is 0.0526. The van der Waals surface area contributed by atoms with Crippen molar-refractivity contribution in [3.63, 3.8) is 0 Å². The molecule has 128 valence electrons. The van der Waals surface area contributed by atoms with E-state index in [-0.39, 0.29) is 6.61 Å². The number of nitrogens with one attached hydrogen (secondary N) is 1. The number of hydrogen-bond donors (Lipinski definition) is 1. The highest BCUT2D eigenvalue weighted by atomic mass is 32.1. The van der Waals surface area contributed by atoms with Crippen LogP contribution < -0.4 is 10.1 Å². The molecule has 0 radical (unpaired) electrons. The van der Waals surface area contributed by atoms with Crippen LogP contribution in [-0.2, 0) is 11.3 Å². The van der Waals surface area contributed by atoms with Gasteiger partial charge in [-0.1, -0.05) is 0 Å². The molecule has 0 aliphatic carbocycles. The summed E-state index contributed by atoms with van der Waals surface area (Å²) in [6.07, 6.45) is 0. The molecular formula is C18H15FN2O3S. The van der Waals surface area contributed by atoms with Crippen LogP contribution in [0.4, 0.5) is 15.2 Å². The molecule has 0 aliphatic rings. The Kier molecular flexibility index (Phi) is 5.25. The van der Waals surface area contributed by atoms with Crippen molar-refractivity contribution >= 4 is 28.1 Å². The number of esters is 1. The average Bonchev–Trinajstić information content (AvgIpc) is 3.08. The molecule has 25 heavy (non-hydrogen) atoms. The Labute approximate surface area is 148 Å². The first-order chi connectivity index (χ1) is 12.1. The minimum absolute atomic E-state index is 0.0526. The molecule has 5 nitrogen and oxygen atoms in total. The van der Waals surface area contributed by atoms with Crippen molar-refractivity contribution in [3.05, 3.63) is 71.0 Å². The highest BCUT2D eigenvalue weighted by molar-refractivity contribution is 7.13. The van der Waals surface area contributed by atoms with Crippen molar-refractivity contribution in [2.75, 3.05) is 12.4 Å². The van der Waals surface area contributed by atoms with Crippen LogP contribution in [0.2, 0.25) is 0 Å². The zero-order valence-corrected chi connectivity index (χ0v) is 14.2. The summed E-state index contributed by atoms with van der Waals surface area (Å²) in [5, 5.41) is 5.67. The number of aromatic nitrogens is 1. The van der Waals surface area contributed by atoms with Gasteiger partial charge >= 0.3 is 5.97 Å². The molecule has 0 spiro atoms. The van der Waals surface area contributed by atoms with Gasteiger partial charge in [0.25, 0.3) is 0 Å². The monoisotopic (exact) mass is 358 g/mol. The zero-order chi connectivity index (χ0) is 17.6. The summed E-state index contributed by atoms with van der Waals surface area (Å²) >= 11 is 1.41. The van der Waals surface area contributed by atoms with Gasteiger partial charge in [0.2, 0.25) is 0 Å². The SMILES string of the molecule is COc1ccc(Nc2nc(COC(=O)c3ccc(F)cc3)cs2)cc1. The lowest BCUT2D eigenvalue weighted by Crippen LogP contribution is -2.05. The smallest absolute Gasteiger partial charge is 0.338 e. The molecule has 3 rings (SSSR count). The molecule has 2 aromatic carbocycles. The lowest BCUT2D eigenvalue weighted by Gasteiger charge is -2.04. The van der Waals surface area contributed by atoms with Gasteiger partial charge < -0.3 is 14.8 Å². The van der Waals surface area contributed by atoms with Gasteiger partial charge in [-0.2, -0.15) is 0 Å². The van der Waals surface area contributed by atoms with E-state index in [2.05, 4.69) is 10.3 Å². The van der Waals surface area contributed by atoms with Crippen molar-refractivity contribution in [3.8, 4) is 5.75 Å². The highest BCUT2D eigenvalue weighted by Gasteiger charge is 2.09. The van der Waals surface area contributed by atoms with E-state index < -0.39 is 11.8 Å². The van der Waals surface area contributed by atoms with E-state index in [1.54, 1.807) is 7.11 Å². The minimum atomic E-state index is -0.516. The maximum absolute atomic E-state index is 12.9. The Hall–Kier alpha value is -2.93. The average molecular weight is 358 g/mol. The fraction of sp³-hybridized carbons (Fsp3) is 0.111. The number of carbonyl (C=O) groups is 1. The van der Waals surface area contributed by atoms with Crippen molar-refractivity contribution < 1.29 is 18.7 Å². The number of carbonyl (C=O) groups excluding carboxylic acids is 1. The van der Waals surface area contributed by atoms with E-state index in [4.69, 9.17) is 9.47 Å². The first kappa shape index (κ1) is 16.9. The lowest BCUT2D eigenvalue weighted by atomic mass is 10.2. The number of halogens is 1. The van der Waals surface area contributed by atoms with E-state index in [0.29, 0.717) is 16.4 Å². The molecule has 0 saturated heterocycles. The van der Waals surface area contributed by atoms with Gasteiger partial charge in [-0.15, -0.1) is 11.3 Å². The Morgan fingerprint density at radius 3 is 2.56 bits per heavy atom. The first-order valence-electron chi connectivity index (χ1n) is 7.42. The minimum Gasteiger partial charge on any atom is -0.497 e. The van der Waals surface area contributed by atoms with Crippen LogP contribution in [-0.4, -0.2) is 18.1 Å².